The maximum absolute atomic E-state index is 12.9. The number of benzene rings is 1. The van der Waals surface area contributed by atoms with Gasteiger partial charge in [-0.25, -0.2) is 0 Å². The summed E-state index contributed by atoms with van der Waals surface area (Å²) in [6.45, 7) is 14.8. The molecule has 1 aromatic carbocycles. The topological polar surface area (TPSA) is 111 Å². The van der Waals surface area contributed by atoms with Gasteiger partial charge in [-0.2, -0.15) is 9.97 Å². The van der Waals surface area contributed by atoms with E-state index in [4.69, 9.17) is 20.4 Å². The van der Waals surface area contributed by atoms with E-state index in [9.17, 15) is 9.90 Å². The number of ether oxygens (including phenoxy) is 1. The van der Waals surface area contributed by atoms with Gasteiger partial charge in [0.25, 0.3) is 5.91 Å². The van der Waals surface area contributed by atoms with Crippen LogP contribution in [0.2, 0.25) is 0 Å². The van der Waals surface area contributed by atoms with Crippen molar-refractivity contribution in [3.8, 4) is 11.5 Å². The molecular weight excluding hydrogens is 506 g/mol. The minimum atomic E-state index is -1.17. The van der Waals surface area contributed by atoms with Gasteiger partial charge in [0.2, 0.25) is 5.95 Å². The highest BCUT2D eigenvalue weighted by Gasteiger charge is 2.50. The zero-order valence-corrected chi connectivity index (χ0v) is 24.4. The van der Waals surface area contributed by atoms with Crippen LogP contribution < -0.4 is 25.2 Å². The van der Waals surface area contributed by atoms with E-state index in [0.717, 1.165) is 92.2 Å². The number of primary amides is 1. The Morgan fingerprint density at radius 3 is 2.00 bits per heavy atom. The molecule has 2 atom stereocenters. The van der Waals surface area contributed by atoms with Crippen LogP contribution in [-0.2, 0) is 11.2 Å². The third-order valence-electron chi connectivity index (χ3n) is 9.76. The molecule has 216 valence electrons. The summed E-state index contributed by atoms with van der Waals surface area (Å²) in [5, 5.41) is 10.8. The van der Waals surface area contributed by atoms with Crippen molar-refractivity contribution in [3.63, 3.8) is 0 Å². The number of nitrogens with two attached hydrogens (primary N) is 1. The van der Waals surface area contributed by atoms with E-state index < -0.39 is 11.5 Å². The second kappa shape index (κ2) is 10.3. The zero-order valence-electron chi connectivity index (χ0n) is 24.4. The number of fused-ring (bicyclic) bond motifs is 1. The predicted octanol–water partition coefficient (Wildman–Crippen LogP) is 2.68. The van der Waals surface area contributed by atoms with E-state index >= 15 is 0 Å². The lowest BCUT2D eigenvalue weighted by Gasteiger charge is -2.49. The van der Waals surface area contributed by atoms with Crippen LogP contribution in [0.4, 0.5) is 17.6 Å². The summed E-state index contributed by atoms with van der Waals surface area (Å²) in [4.78, 5) is 32.3. The molecule has 3 fully saturated rings. The molecule has 2 unspecified atom stereocenters. The van der Waals surface area contributed by atoms with Gasteiger partial charge in [0.15, 0.2) is 5.60 Å². The molecule has 10 nitrogen and oxygen atoms in total. The Bertz CT molecular complexity index is 1260. The Morgan fingerprint density at radius 1 is 0.875 bits per heavy atom. The van der Waals surface area contributed by atoms with Gasteiger partial charge in [-0.3, -0.25) is 9.69 Å². The molecule has 0 aliphatic carbocycles. The summed E-state index contributed by atoms with van der Waals surface area (Å²) < 4.78 is 6.48. The number of nitrogens with zero attached hydrogens (tertiary/aromatic N) is 6. The molecule has 6 rings (SSSR count). The molecular formula is C30H43N7O3. The molecule has 1 aromatic heterocycles. The second-order valence-electron chi connectivity index (χ2n) is 12.1. The lowest BCUT2D eigenvalue weighted by atomic mass is 9.81. The quantitative estimate of drug-likeness (QED) is 0.581. The third-order valence-corrected chi connectivity index (χ3v) is 9.76. The van der Waals surface area contributed by atoms with Gasteiger partial charge in [-0.05, 0) is 76.5 Å². The molecule has 4 aliphatic heterocycles. The summed E-state index contributed by atoms with van der Waals surface area (Å²) in [6.07, 6.45) is 5.39. The Morgan fingerprint density at radius 2 is 1.43 bits per heavy atom. The second-order valence-corrected chi connectivity index (χ2v) is 12.1. The normalized spacial score (nSPS) is 25.3. The van der Waals surface area contributed by atoms with Gasteiger partial charge in [-0.1, -0.05) is 0 Å². The van der Waals surface area contributed by atoms with Crippen molar-refractivity contribution in [3.05, 3.63) is 28.3 Å². The number of aromatic nitrogens is 2. The average Bonchev–Trinajstić information content (AvgIpc) is 3.70. The van der Waals surface area contributed by atoms with Gasteiger partial charge in [-0.15, -0.1) is 0 Å². The van der Waals surface area contributed by atoms with E-state index in [0.29, 0.717) is 17.9 Å². The fraction of sp³-hybridized carbons (Fsp3) is 0.633. The third kappa shape index (κ3) is 4.50. The number of aromatic hydroxyl groups is 1. The molecule has 0 bridgehead atoms. The Hall–Kier alpha value is -3.27. The highest BCUT2D eigenvalue weighted by Crippen LogP contribution is 2.44. The molecule has 2 aromatic rings. The summed E-state index contributed by atoms with van der Waals surface area (Å²) in [5.74, 6) is 3.39. The first kappa shape index (κ1) is 26.9. The van der Waals surface area contributed by atoms with Gasteiger partial charge >= 0.3 is 0 Å². The van der Waals surface area contributed by atoms with Gasteiger partial charge in [0, 0.05) is 64.0 Å². The SMILES string of the molecule is Cc1c(C)c2c(c(C)c1O)CC(N1CCN(c3cc(N4CCCC4)nc(N4CCCC4)n3)CC1)C(C)(C(N)=O)O2. The molecule has 10 heteroatoms. The van der Waals surface area contributed by atoms with E-state index in [-0.39, 0.29) is 6.04 Å². The molecule has 0 saturated carbocycles. The molecule has 40 heavy (non-hydrogen) atoms. The predicted molar refractivity (Wildman–Crippen MR) is 157 cm³/mol. The first-order valence-electron chi connectivity index (χ1n) is 14.9. The van der Waals surface area contributed by atoms with Crippen LogP contribution in [0.3, 0.4) is 0 Å². The lowest BCUT2D eigenvalue weighted by molar-refractivity contribution is -0.140. The lowest BCUT2D eigenvalue weighted by Crippen LogP contribution is -2.66. The summed E-state index contributed by atoms with van der Waals surface area (Å²) in [5.41, 5.74) is 8.26. The van der Waals surface area contributed by atoms with Crippen LogP contribution in [0.1, 0.15) is 54.9 Å². The van der Waals surface area contributed by atoms with Crippen molar-refractivity contribution in [1.82, 2.24) is 14.9 Å². The summed E-state index contributed by atoms with van der Waals surface area (Å²) in [6, 6.07) is 1.93. The minimum absolute atomic E-state index is 0.231. The number of rotatable bonds is 5. The maximum Gasteiger partial charge on any atom is 0.263 e. The molecule has 0 spiro atoms. The number of phenols is 1. The number of piperazine rings is 1. The Kier molecular flexibility index (Phi) is 6.92. The van der Waals surface area contributed by atoms with Crippen LogP contribution in [0.25, 0.3) is 0 Å². The number of carbonyl (C=O) groups excluding carboxylic acids is 1. The standard InChI is InChI=1S/C30H43N7O3/c1-19-20(2)27-22(21(3)26(19)38)17-23(30(4,40-27)28(31)39)34-13-15-36(16-14-34)25-18-24(35-9-5-6-10-35)32-29(33-25)37-11-7-8-12-37/h18,23,38H,5-17H2,1-4H3,(H2,31,39). The summed E-state index contributed by atoms with van der Waals surface area (Å²) in [7, 11) is 0. The fourth-order valence-electron chi connectivity index (χ4n) is 6.91. The number of phenolic OH excluding ortho intramolecular Hbond substituents is 1. The molecule has 1 amide bonds. The molecule has 3 saturated heterocycles. The van der Waals surface area contributed by atoms with Crippen LogP contribution >= 0.6 is 0 Å². The first-order chi connectivity index (χ1) is 19.2. The number of carbonyl (C=O) groups is 1. The molecule has 5 heterocycles. The van der Waals surface area contributed by atoms with Gasteiger partial charge in [0.1, 0.15) is 23.1 Å². The summed E-state index contributed by atoms with van der Waals surface area (Å²) >= 11 is 0. The van der Waals surface area contributed by atoms with Crippen molar-refractivity contribution in [2.45, 2.75) is 71.4 Å². The smallest absolute Gasteiger partial charge is 0.263 e. The van der Waals surface area contributed by atoms with Crippen molar-refractivity contribution in [2.75, 3.05) is 67.1 Å². The van der Waals surface area contributed by atoms with Crippen LogP contribution in [-0.4, -0.2) is 89.9 Å². The van der Waals surface area contributed by atoms with Crippen LogP contribution in [0, 0.1) is 20.8 Å². The highest BCUT2D eigenvalue weighted by molar-refractivity contribution is 5.85. The number of hydrogen-bond donors (Lipinski definition) is 2. The molecule has 0 radical (unpaired) electrons. The fourth-order valence-corrected chi connectivity index (χ4v) is 6.91. The first-order valence-corrected chi connectivity index (χ1v) is 14.9. The molecule has 4 aliphatic rings. The number of anilines is 3. The number of hydrogen-bond acceptors (Lipinski definition) is 9. The minimum Gasteiger partial charge on any atom is -0.507 e. The largest absolute Gasteiger partial charge is 0.507 e. The van der Waals surface area contributed by atoms with Gasteiger partial charge < -0.3 is 30.3 Å². The monoisotopic (exact) mass is 549 g/mol. The van der Waals surface area contributed by atoms with E-state index in [2.05, 4.69) is 25.7 Å². The van der Waals surface area contributed by atoms with Crippen molar-refractivity contribution in [2.24, 2.45) is 5.73 Å². The highest BCUT2D eigenvalue weighted by atomic mass is 16.5. The van der Waals surface area contributed by atoms with E-state index in [1.807, 2.05) is 27.7 Å². The van der Waals surface area contributed by atoms with E-state index in [1.54, 1.807) is 0 Å². The van der Waals surface area contributed by atoms with Crippen molar-refractivity contribution in [1.29, 1.82) is 0 Å². The van der Waals surface area contributed by atoms with Crippen molar-refractivity contribution < 1.29 is 14.6 Å². The number of amides is 1. The Balaban J connectivity index is 1.25. The van der Waals surface area contributed by atoms with Gasteiger partial charge in [0.05, 0.1) is 6.04 Å². The van der Waals surface area contributed by atoms with Crippen molar-refractivity contribution >= 4 is 23.5 Å². The van der Waals surface area contributed by atoms with Crippen LogP contribution in [0.15, 0.2) is 6.07 Å². The van der Waals surface area contributed by atoms with Crippen LogP contribution in [0.5, 0.6) is 11.5 Å². The zero-order chi connectivity index (χ0) is 28.2. The average molecular weight is 550 g/mol. The van der Waals surface area contributed by atoms with E-state index in [1.165, 1.54) is 25.7 Å². The molecule has 3 N–H and O–H groups in total. The maximum atomic E-state index is 12.9. The Labute approximate surface area is 237 Å².